The lowest BCUT2D eigenvalue weighted by Gasteiger charge is -2.41. The predicted octanol–water partition coefficient (Wildman–Crippen LogP) is 7.43. The smallest absolute Gasteiger partial charge is 0.0328 e. The first-order chi connectivity index (χ1) is 9.52. The molecule has 0 aliphatic carbocycles. The average Bonchev–Trinajstić information content (AvgIpc) is 2.40. The van der Waals surface area contributed by atoms with Gasteiger partial charge in [-0.05, 0) is 47.3 Å². The van der Waals surface area contributed by atoms with Crippen molar-refractivity contribution in [3.63, 3.8) is 0 Å². The van der Waals surface area contributed by atoms with Crippen molar-refractivity contribution in [2.75, 3.05) is 0 Å². The fourth-order valence-electron chi connectivity index (χ4n) is 3.34. The molecule has 0 aliphatic rings. The van der Waals surface area contributed by atoms with Crippen molar-refractivity contribution in [1.82, 2.24) is 0 Å². The lowest BCUT2D eigenvalue weighted by Crippen LogP contribution is -2.33. The molecule has 21 heavy (non-hydrogen) atoms. The van der Waals surface area contributed by atoms with Crippen LogP contribution in [0.5, 0.6) is 0 Å². The molecular weight excluding hydrogens is 252 g/mol. The van der Waals surface area contributed by atoms with E-state index in [9.17, 15) is 0 Å². The first kappa shape index (κ1) is 21.0. The third-order valence-electron chi connectivity index (χ3n) is 6.50. The van der Waals surface area contributed by atoms with Crippen LogP contribution in [0.4, 0.5) is 0 Å². The molecule has 0 aromatic carbocycles. The van der Waals surface area contributed by atoms with Crippen LogP contribution in [0, 0.1) is 40.9 Å². The van der Waals surface area contributed by atoms with E-state index in [-0.39, 0.29) is 0 Å². The normalized spacial score (nSPS) is 18.9. The van der Waals surface area contributed by atoms with Crippen molar-refractivity contribution in [1.29, 1.82) is 0 Å². The highest BCUT2D eigenvalue weighted by Crippen LogP contribution is 2.43. The molecule has 0 heteroatoms. The molecule has 0 saturated carbocycles. The summed E-state index contributed by atoms with van der Waals surface area (Å²) in [5.41, 5.74) is 0.466. The minimum atomic E-state index is 0.466. The maximum absolute atomic E-state index is 2.52. The summed E-state index contributed by atoms with van der Waals surface area (Å²) in [4.78, 5) is 0. The van der Waals surface area contributed by atoms with Crippen LogP contribution in [0.3, 0.4) is 0 Å². The summed E-state index contributed by atoms with van der Waals surface area (Å²) in [5.74, 6) is 5.02. The Bertz CT molecular complexity index is 261. The van der Waals surface area contributed by atoms with Gasteiger partial charge in [-0.1, -0.05) is 88.5 Å². The first-order valence-electron chi connectivity index (χ1n) is 9.52. The molecule has 0 bridgehead atoms. The number of rotatable bonds is 10. The highest BCUT2D eigenvalue weighted by Gasteiger charge is 2.34. The van der Waals surface area contributed by atoms with Crippen molar-refractivity contribution < 1.29 is 0 Å². The third-order valence-corrected chi connectivity index (χ3v) is 6.50. The van der Waals surface area contributed by atoms with E-state index in [0.29, 0.717) is 5.41 Å². The van der Waals surface area contributed by atoms with Gasteiger partial charge in [-0.25, -0.2) is 0 Å². The first-order valence-corrected chi connectivity index (χ1v) is 9.52. The molecule has 0 radical (unpaired) electrons. The Morgan fingerprint density at radius 3 is 1.67 bits per heavy atom. The summed E-state index contributed by atoms with van der Waals surface area (Å²) in [6.07, 6.45) is 5.48. The van der Waals surface area contributed by atoms with Gasteiger partial charge in [0.1, 0.15) is 0 Å². The second kappa shape index (κ2) is 9.21. The molecule has 0 fully saturated rings. The van der Waals surface area contributed by atoms with Crippen LogP contribution in [0.15, 0.2) is 0 Å². The molecule has 0 rings (SSSR count). The summed E-state index contributed by atoms with van der Waals surface area (Å²) in [5, 5.41) is 0. The molecule has 0 saturated heterocycles. The van der Waals surface area contributed by atoms with Crippen LogP contribution in [0.1, 0.15) is 94.9 Å². The Morgan fingerprint density at radius 2 is 1.29 bits per heavy atom. The van der Waals surface area contributed by atoms with E-state index < -0.39 is 0 Å². The molecule has 0 aromatic rings. The molecule has 4 atom stereocenters. The summed E-state index contributed by atoms with van der Waals surface area (Å²) in [7, 11) is 0. The molecule has 4 unspecified atom stereocenters. The van der Waals surface area contributed by atoms with E-state index in [4.69, 9.17) is 0 Å². The molecule has 0 heterocycles. The Morgan fingerprint density at radius 1 is 0.762 bits per heavy atom. The Hall–Kier alpha value is 0. The SMILES string of the molecule is CCC(C)(C)C(C)C(CC(C)C(C)C)C(C)CCC(C)C. The second-order valence-electron chi connectivity index (χ2n) is 9.20. The van der Waals surface area contributed by atoms with E-state index in [1.54, 1.807) is 0 Å². The summed E-state index contributed by atoms with van der Waals surface area (Å²) < 4.78 is 0. The van der Waals surface area contributed by atoms with Crippen molar-refractivity contribution in [2.45, 2.75) is 94.9 Å². The van der Waals surface area contributed by atoms with Gasteiger partial charge in [-0.15, -0.1) is 0 Å². The maximum atomic E-state index is 2.52. The molecule has 0 nitrogen and oxygen atoms in total. The second-order valence-corrected chi connectivity index (χ2v) is 9.20. The van der Waals surface area contributed by atoms with Gasteiger partial charge in [-0.3, -0.25) is 0 Å². The van der Waals surface area contributed by atoms with E-state index >= 15 is 0 Å². The standard InChI is InChI=1S/C21H44/c1-11-21(9,10)19(8)20(14-18(7)16(4)5)17(6)13-12-15(2)3/h15-20H,11-14H2,1-10H3. The predicted molar refractivity (Wildman–Crippen MR) is 98.6 cm³/mol. The number of hydrogen-bond donors (Lipinski definition) is 0. The van der Waals surface area contributed by atoms with Gasteiger partial charge >= 0.3 is 0 Å². The zero-order valence-electron chi connectivity index (χ0n) is 16.8. The van der Waals surface area contributed by atoms with Gasteiger partial charge in [0.2, 0.25) is 0 Å². The fraction of sp³-hybridized carbons (Fsp3) is 1.00. The topological polar surface area (TPSA) is 0 Å². The molecule has 0 amide bonds. The van der Waals surface area contributed by atoms with Crippen LogP contribution in [0.25, 0.3) is 0 Å². The van der Waals surface area contributed by atoms with E-state index in [1.165, 1.54) is 25.7 Å². The summed E-state index contributed by atoms with van der Waals surface area (Å²) in [6.45, 7) is 24.3. The highest BCUT2D eigenvalue weighted by atomic mass is 14.4. The monoisotopic (exact) mass is 296 g/mol. The Balaban J connectivity index is 4.99. The molecule has 0 aliphatic heterocycles. The van der Waals surface area contributed by atoms with Crippen molar-refractivity contribution in [2.24, 2.45) is 40.9 Å². The van der Waals surface area contributed by atoms with E-state index in [1.807, 2.05) is 0 Å². The Labute approximate surface area is 136 Å². The zero-order valence-corrected chi connectivity index (χ0v) is 16.8. The van der Waals surface area contributed by atoms with Gasteiger partial charge in [0.15, 0.2) is 0 Å². The summed E-state index contributed by atoms with van der Waals surface area (Å²) >= 11 is 0. The van der Waals surface area contributed by atoms with Crippen LogP contribution >= 0.6 is 0 Å². The largest absolute Gasteiger partial charge is 0.0649 e. The van der Waals surface area contributed by atoms with Gasteiger partial charge < -0.3 is 0 Å². The number of hydrogen-bond acceptors (Lipinski definition) is 0. The molecular formula is C21H44. The summed E-state index contributed by atoms with van der Waals surface area (Å²) in [6, 6.07) is 0. The van der Waals surface area contributed by atoms with Crippen LogP contribution in [-0.2, 0) is 0 Å². The third kappa shape index (κ3) is 7.20. The van der Waals surface area contributed by atoms with Gasteiger partial charge in [0.25, 0.3) is 0 Å². The minimum absolute atomic E-state index is 0.466. The quantitative estimate of drug-likeness (QED) is 0.393. The van der Waals surface area contributed by atoms with Crippen molar-refractivity contribution in [3.8, 4) is 0 Å². The van der Waals surface area contributed by atoms with Gasteiger partial charge in [-0.2, -0.15) is 0 Å². The molecule has 0 aromatic heterocycles. The van der Waals surface area contributed by atoms with Gasteiger partial charge in [0, 0.05) is 0 Å². The van der Waals surface area contributed by atoms with Crippen molar-refractivity contribution in [3.05, 3.63) is 0 Å². The van der Waals surface area contributed by atoms with Crippen LogP contribution in [-0.4, -0.2) is 0 Å². The maximum Gasteiger partial charge on any atom is -0.0328 e. The fourth-order valence-corrected chi connectivity index (χ4v) is 3.34. The molecule has 0 N–H and O–H groups in total. The molecule has 0 spiro atoms. The Kier molecular flexibility index (Phi) is 9.21. The van der Waals surface area contributed by atoms with Crippen LogP contribution < -0.4 is 0 Å². The lowest BCUT2D eigenvalue weighted by atomic mass is 9.64. The highest BCUT2D eigenvalue weighted by molar-refractivity contribution is 4.84. The van der Waals surface area contributed by atoms with Gasteiger partial charge in [0.05, 0.1) is 0 Å². The lowest BCUT2D eigenvalue weighted by molar-refractivity contribution is 0.0815. The van der Waals surface area contributed by atoms with Crippen LogP contribution in [0.2, 0.25) is 0 Å². The molecule has 128 valence electrons. The average molecular weight is 297 g/mol. The van der Waals surface area contributed by atoms with E-state index in [2.05, 4.69) is 69.2 Å². The zero-order chi connectivity index (χ0) is 16.8. The van der Waals surface area contributed by atoms with Crippen molar-refractivity contribution >= 4 is 0 Å². The van der Waals surface area contributed by atoms with E-state index in [0.717, 1.165) is 35.5 Å². The minimum Gasteiger partial charge on any atom is -0.0649 e.